The zero-order valence-corrected chi connectivity index (χ0v) is 11.4. The van der Waals surface area contributed by atoms with E-state index in [0.29, 0.717) is 12.8 Å². The smallest absolute Gasteiger partial charge is 0.312 e. The topological polar surface area (TPSA) is 69.4 Å². The molecule has 102 valence electrons. The van der Waals surface area contributed by atoms with Crippen molar-refractivity contribution in [1.29, 1.82) is 0 Å². The van der Waals surface area contributed by atoms with Gasteiger partial charge in [-0.3, -0.25) is 14.9 Å². The van der Waals surface area contributed by atoms with Gasteiger partial charge in [0.1, 0.15) is 11.9 Å². The number of nitrogens with zero attached hydrogens (tertiary/aromatic N) is 1. The van der Waals surface area contributed by atoms with Gasteiger partial charge in [-0.15, -0.1) is 0 Å². The van der Waals surface area contributed by atoms with Crippen molar-refractivity contribution in [2.45, 2.75) is 31.8 Å². The summed E-state index contributed by atoms with van der Waals surface area (Å²) in [4.78, 5) is 21.7. The van der Waals surface area contributed by atoms with Crippen LogP contribution in [0, 0.1) is 10.1 Å². The molecule has 1 aliphatic rings. The second kappa shape index (κ2) is 5.75. The predicted octanol–water partition coefficient (Wildman–Crippen LogP) is 3.79. The maximum Gasteiger partial charge on any atom is 0.312 e. The van der Waals surface area contributed by atoms with Gasteiger partial charge in [0.25, 0.3) is 0 Å². The summed E-state index contributed by atoms with van der Waals surface area (Å²) in [6.45, 7) is 0. The van der Waals surface area contributed by atoms with Gasteiger partial charge in [-0.25, -0.2) is 0 Å². The Balaban J connectivity index is 2.25. The molecule has 1 unspecified atom stereocenters. The monoisotopic (exact) mass is 303 g/mol. The SMILES string of the molecule is O=C1CCCC(Oc2cc(Cl)c(Cl)cc2[N+](=O)[O-])C1. The van der Waals surface area contributed by atoms with Crippen LogP contribution in [0.2, 0.25) is 10.0 Å². The molecule has 0 amide bonds. The van der Waals surface area contributed by atoms with Crippen LogP contribution in [0.3, 0.4) is 0 Å². The third-order valence-electron chi connectivity index (χ3n) is 2.93. The Kier molecular flexibility index (Phi) is 4.27. The Morgan fingerprint density at radius 2 is 2.00 bits per heavy atom. The van der Waals surface area contributed by atoms with Crippen LogP contribution in [0.1, 0.15) is 25.7 Å². The van der Waals surface area contributed by atoms with Crippen LogP contribution < -0.4 is 4.74 Å². The number of rotatable bonds is 3. The maximum atomic E-state index is 11.3. The van der Waals surface area contributed by atoms with Crippen molar-refractivity contribution in [3.63, 3.8) is 0 Å². The van der Waals surface area contributed by atoms with Crippen molar-refractivity contribution in [3.05, 3.63) is 32.3 Å². The van der Waals surface area contributed by atoms with Crippen molar-refractivity contribution in [3.8, 4) is 5.75 Å². The number of ketones is 1. The first-order valence-electron chi connectivity index (χ1n) is 5.79. The zero-order valence-electron chi connectivity index (χ0n) is 9.90. The molecule has 0 N–H and O–H groups in total. The number of benzene rings is 1. The molecule has 0 aromatic heterocycles. The van der Waals surface area contributed by atoms with Crippen molar-refractivity contribution < 1.29 is 14.5 Å². The molecule has 7 heteroatoms. The minimum absolute atomic E-state index is 0.0547. The second-order valence-corrected chi connectivity index (χ2v) is 5.18. The van der Waals surface area contributed by atoms with E-state index in [1.807, 2.05) is 0 Å². The molecule has 1 aliphatic carbocycles. The van der Waals surface area contributed by atoms with Gasteiger partial charge >= 0.3 is 5.69 Å². The van der Waals surface area contributed by atoms with E-state index in [2.05, 4.69) is 0 Å². The highest BCUT2D eigenvalue weighted by Crippen LogP contribution is 2.37. The number of carbonyl (C=O) groups excluding carboxylic acids is 1. The van der Waals surface area contributed by atoms with Gasteiger partial charge in [0.15, 0.2) is 5.75 Å². The Hall–Kier alpha value is -1.33. The molecular weight excluding hydrogens is 293 g/mol. The number of hydrogen-bond acceptors (Lipinski definition) is 4. The Morgan fingerprint density at radius 3 is 2.63 bits per heavy atom. The van der Waals surface area contributed by atoms with Crippen LogP contribution in [-0.4, -0.2) is 16.8 Å². The molecule has 0 saturated heterocycles. The molecule has 1 atom stereocenters. The predicted molar refractivity (Wildman–Crippen MR) is 71.0 cm³/mol. The lowest BCUT2D eigenvalue weighted by Gasteiger charge is -2.22. The lowest BCUT2D eigenvalue weighted by molar-refractivity contribution is -0.386. The van der Waals surface area contributed by atoms with Crippen LogP contribution in [0.5, 0.6) is 5.75 Å². The van der Waals surface area contributed by atoms with Gasteiger partial charge in [0.2, 0.25) is 0 Å². The molecule has 1 aromatic carbocycles. The molecule has 2 rings (SSSR count). The molecule has 0 aliphatic heterocycles. The molecule has 0 radical (unpaired) electrons. The highest BCUT2D eigenvalue weighted by Gasteiger charge is 2.25. The van der Waals surface area contributed by atoms with Crippen LogP contribution >= 0.6 is 23.2 Å². The summed E-state index contributed by atoms with van der Waals surface area (Å²) in [5.41, 5.74) is -0.243. The quantitative estimate of drug-likeness (QED) is 0.629. The highest BCUT2D eigenvalue weighted by atomic mass is 35.5. The summed E-state index contributed by atoms with van der Waals surface area (Å²) in [5.74, 6) is 0.165. The first-order valence-corrected chi connectivity index (χ1v) is 6.54. The van der Waals surface area contributed by atoms with Gasteiger partial charge in [-0.1, -0.05) is 23.2 Å². The van der Waals surface area contributed by atoms with Crippen LogP contribution in [0.4, 0.5) is 5.69 Å². The van der Waals surface area contributed by atoms with Gasteiger partial charge in [-0.05, 0) is 12.8 Å². The van der Waals surface area contributed by atoms with E-state index < -0.39 is 4.92 Å². The number of halogens is 2. The third-order valence-corrected chi connectivity index (χ3v) is 3.65. The average Bonchev–Trinajstić information content (AvgIpc) is 2.33. The standard InChI is InChI=1S/C12H11Cl2NO4/c13-9-5-11(15(17)18)12(6-10(9)14)19-8-3-1-2-7(16)4-8/h5-6,8H,1-4H2. The van der Waals surface area contributed by atoms with E-state index >= 15 is 0 Å². The molecular formula is C12H11Cl2NO4. The molecule has 5 nitrogen and oxygen atoms in total. The van der Waals surface area contributed by atoms with E-state index in [-0.39, 0.29) is 39.8 Å². The summed E-state index contributed by atoms with van der Waals surface area (Å²) in [6, 6.07) is 2.48. The number of hydrogen-bond donors (Lipinski definition) is 0. The first kappa shape index (κ1) is 14.1. The summed E-state index contributed by atoms with van der Waals surface area (Å²) in [6.07, 6.45) is 1.92. The van der Waals surface area contributed by atoms with Crippen molar-refractivity contribution >= 4 is 34.7 Å². The summed E-state index contributed by atoms with van der Waals surface area (Å²) < 4.78 is 5.55. The minimum atomic E-state index is -0.581. The molecule has 0 spiro atoms. The number of nitro groups is 1. The molecule has 1 fully saturated rings. The minimum Gasteiger partial charge on any atom is -0.483 e. The molecule has 0 bridgehead atoms. The summed E-state index contributed by atoms with van der Waals surface area (Å²) in [5, 5.41) is 11.2. The normalized spacial score (nSPS) is 19.3. The van der Waals surface area contributed by atoms with Crippen LogP contribution in [-0.2, 0) is 4.79 Å². The fraction of sp³-hybridized carbons (Fsp3) is 0.417. The second-order valence-electron chi connectivity index (χ2n) is 4.37. The largest absolute Gasteiger partial charge is 0.483 e. The van der Waals surface area contributed by atoms with Gasteiger partial charge in [0, 0.05) is 25.0 Å². The summed E-state index contributed by atoms with van der Waals surface area (Å²) in [7, 11) is 0. The highest BCUT2D eigenvalue weighted by molar-refractivity contribution is 6.42. The lowest BCUT2D eigenvalue weighted by Crippen LogP contribution is -2.25. The Bertz CT molecular complexity index is 533. The maximum absolute atomic E-state index is 11.3. The van der Waals surface area contributed by atoms with E-state index in [9.17, 15) is 14.9 Å². The van der Waals surface area contributed by atoms with Gasteiger partial charge < -0.3 is 4.74 Å². The summed E-state index contributed by atoms with van der Waals surface area (Å²) >= 11 is 11.6. The molecule has 19 heavy (non-hydrogen) atoms. The Morgan fingerprint density at radius 1 is 1.32 bits per heavy atom. The first-order chi connectivity index (χ1) is 8.97. The van der Waals surface area contributed by atoms with Crippen molar-refractivity contribution in [1.82, 2.24) is 0 Å². The Labute approximate surface area is 119 Å². The average molecular weight is 304 g/mol. The number of carbonyl (C=O) groups is 1. The zero-order chi connectivity index (χ0) is 14.0. The third kappa shape index (κ3) is 3.36. The number of ether oxygens (including phenoxy) is 1. The van der Waals surface area contributed by atoms with E-state index in [4.69, 9.17) is 27.9 Å². The van der Waals surface area contributed by atoms with Crippen LogP contribution in [0.15, 0.2) is 12.1 Å². The van der Waals surface area contributed by atoms with Gasteiger partial charge in [0.05, 0.1) is 15.0 Å². The molecule has 1 aromatic rings. The molecule has 1 saturated carbocycles. The lowest BCUT2D eigenvalue weighted by atomic mass is 9.96. The van der Waals surface area contributed by atoms with Gasteiger partial charge in [-0.2, -0.15) is 0 Å². The van der Waals surface area contributed by atoms with E-state index in [1.165, 1.54) is 6.07 Å². The van der Waals surface area contributed by atoms with Crippen molar-refractivity contribution in [2.24, 2.45) is 0 Å². The van der Waals surface area contributed by atoms with E-state index in [0.717, 1.165) is 12.5 Å². The fourth-order valence-electron chi connectivity index (χ4n) is 2.02. The van der Waals surface area contributed by atoms with Crippen molar-refractivity contribution in [2.75, 3.05) is 0 Å². The molecule has 0 heterocycles. The number of Topliss-reactive ketones (excluding diaryl/α,β-unsaturated/α-hetero) is 1. The number of nitro benzene ring substituents is 1. The van der Waals surface area contributed by atoms with Crippen LogP contribution in [0.25, 0.3) is 0 Å². The van der Waals surface area contributed by atoms with E-state index in [1.54, 1.807) is 0 Å². The fourth-order valence-corrected chi connectivity index (χ4v) is 2.33.